The molecule has 0 atom stereocenters. The Labute approximate surface area is 105 Å². The number of hydrogen-bond acceptors (Lipinski definition) is 4. The van der Waals surface area contributed by atoms with Gasteiger partial charge in [-0.1, -0.05) is 18.2 Å². The van der Waals surface area contributed by atoms with Crippen molar-refractivity contribution < 1.29 is 13.5 Å². The highest BCUT2D eigenvalue weighted by Crippen LogP contribution is 2.25. The van der Waals surface area contributed by atoms with Crippen molar-refractivity contribution in [3.63, 3.8) is 0 Å². The molecular weight excluding hydrogens is 250 g/mol. The molecule has 0 unspecified atom stereocenters. The Kier molecular flexibility index (Phi) is 3.04. The van der Waals surface area contributed by atoms with E-state index in [1.54, 1.807) is 24.3 Å². The molecule has 2 rings (SSSR count). The summed E-state index contributed by atoms with van der Waals surface area (Å²) in [7, 11) is -3.65. The molecule has 0 heterocycles. The maximum absolute atomic E-state index is 12.2. The highest BCUT2D eigenvalue weighted by molar-refractivity contribution is 7.91. The lowest BCUT2D eigenvalue weighted by Gasteiger charge is -2.05. The molecule has 0 saturated heterocycles. The molecule has 2 aromatic carbocycles. The van der Waals surface area contributed by atoms with Crippen LogP contribution in [0.2, 0.25) is 0 Å². The molecule has 0 aliphatic carbocycles. The predicted molar refractivity (Wildman–Crippen MR) is 64.7 cm³/mol. The largest absolute Gasteiger partial charge is 0.507 e. The Hall–Kier alpha value is -2.32. The van der Waals surface area contributed by atoms with Gasteiger partial charge in [0.15, 0.2) is 0 Å². The summed E-state index contributed by atoms with van der Waals surface area (Å²) in [6.07, 6.45) is 0. The first-order chi connectivity index (χ1) is 8.55. The molecule has 0 aliphatic rings. The summed E-state index contributed by atoms with van der Waals surface area (Å²) in [6.45, 7) is 0. The SMILES string of the molecule is N#Cc1cc(S(=O)(=O)c2ccccc2)ccc1O. The van der Waals surface area contributed by atoms with Gasteiger partial charge in [-0.2, -0.15) is 5.26 Å². The lowest BCUT2D eigenvalue weighted by Crippen LogP contribution is -2.02. The molecule has 90 valence electrons. The average molecular weight is 259 g/mol. The molecule has 5 heteroatoms. The van der Waals surface area contributed by atoms with Crippen LogP contribution in [0.25, 0.3) is 0 Å². The second-order valence-electron chi connectivity index (χ2n) is 3.61. The summed E-state index contributed by atoms with van der Waals surface area (Å²) in [5.74, 6) is -0.232. The van der Waals surface area contributed by atoms with Crippen molar-refractivity contribution in [3.05, 3.63) is 54.1 Å². The number of phenols is 1. The minimum Gasteiger partial charge on any atom is -0.507 e. The molecule has 0 radical (unpaired) electrons. The number of benzene rings is 2. The van der Waals surface area contributed by atoms with Crippen LogP contribution in [0.3, 0.4) is 0 Å². The van der Waals surface area contributed by atoms with Gasteiger partial charge in [0, 0.05) is 0 Å². The number of nitriles is 1. The zero-order valence-corrected chi connectivity index (χ0v) is 10.1. The van der Waals surface area contributed by atoms with Crippen LogP contribution in [-0.2, 0) is 9.84 Å². The normalized spacial score (nSPS) is 10.8. The molecular formula is C13H9NO3S. The van der Waals surface area contributed by atoms with Gasteiger partial charge in [0.25, 0.3) is 0 Å². The predicted octanol–water partition coefficient (Wildman–Crippen LogP) is 2.10. The summed E-state index contributed by atoms with van der Waals surface area (Å²) in [5, 5.41) is 18.1. The van der Waals surface area contributed by atoms with Crippen LogP contribution >= 0.6 is 0 Å². The molecule has 2 aromatic rings. The van der Waals surface area contributed by atoms with Crippen LogP contribution in [0.1, 0.15) is 5.56 Å². The van der Waals surface area contributed by atoms with Crippen LogP contribution in [0, 0.1) is 11.3 Å². The van der Waals surface area contributed by atoms with Crippen molar-refractivity contribution in [3.8, 4) is 11.8 Å². The highest BCUT2D eigenvalue weighted by Gasteiger charge is 2.18. The van der Waals surface area contributed by atoms with Crippen LogP contribution in [0.4, 0.5) is 0 Å². The fourth-order valence-electron chi connectivity index (χ4n) is 1.51. The van der Waals surface area contributed by atoms with E-state index in [9.17, 15) is 13.5 Å². The minimum absolute atomic E-state index is 0.0111. The molecule has 0 saturated carbocycles. The summed E-state index contributed by atoms with van der Waals surface area (Å²) >= 11 is 0. The van der Waals surface area contributed by atoms with E-state index in [1.807, 2.05) is 0 Å². The quantitative estimate of drug-likeness (QED) is 0.895. The Morgan fingerprint density at radius 1 is 1.00 bits per heavy atom. The van der Waals surface area contributed by atoms with Crippen LogP contribution < -0.4 is 0 Å². The van der Waals surface area contributed by atoms with Gasteiger partial charge in [-0.05, 0) is 30.3 Å². The minimum atomic E-state index is -3.65. The fraction of sp³-hybridized carbons (Fsp3) is 0. The van der Waals surface area contributed by atoms with E-state index in [1.165, 1.54) is 24.3 Å². The third-order valence-corrected chi connectivity index (χ3v) is 4.22. The van der Waals surface area contributed by atoms with Gasteiger partial charge in [-0.25, -0.2) is 8.42 Å². The van der Waals surface area contributed by atoms with Gasteiger partial charge in [0.1, 0.15) is 11.8 Å². The lowest BCUT2D eigenvalue weighted by atomic mass is 10.2. The summed E-state index contributed by atoms with van der Waals surface area (Å²) in [6, 6.07) is 13.3. The smallest absolute Gasteiger partial charge is 0.206 e. The number of nitrogens with zero attached hydrogens (tertiary/aromatic N) is 1. The van der Waals surface area contributed by atoms with Gasteiger partial charge in [-0.15, -0.1) is 0 Å². The van der Waals surface area contributed by atoms with Crippen molar-refractivity contribution in [2.75, 3.05) is 0 Å². The first kappa shape index (κ1) is 12.1. The Morgan fingerprint density at radius 2 is 1.67 bits per heavy atom. The molecule has 0 fully saturated rings. The van der Waals surface area contributed by atoms with Crippen LogP contribution in [-0.4, -0.2) is 13.5 Å². The number of rotatable bonds is 2. The fourth-order valence-corrected chi connectivity index (χ4v) is 2.82. The van der Waals surface area contributed by atoms with E-state index >= 15 is 0 Å². The van der Waals surface area contributed by atoms with E-state index in [4.69, 9.17) is 5.26 Å². The molecule has 18 heavy (non-hydrogen) atoms. The molecule has 4 nitrogen and oxygen atoms in total. The highest BCUT2D eigenvalue weighted by atomic mass is 32.2. The molecule has 0 bridgehead atoms. The van der Waals surface area contributed by atoms with Crippen molar-refractivity contribution in [1.82, 2.24) is 0 Å². The maximum atomic E-state index is 12.2. The van der Waals surface area contributed by atoms with Gasteiger partial charge in [0.05, 0.1) is 15.4 Å². The van der Waals surface area contributed by atoms with Crippen molar-refractivity contribution in [2.45, 2.75) is 9.79 Å². The summed E-state index contributed by atoms with van der Waals surface area (Å²) < 4.78 is 24.4. The number of hydrogen-bond donors (Lipinski definition) is 1. The Balaban J connectivity index is 2.60. The van der Waals surface area contributed by atoms with Crippen molar-refractivity contribution in [2.24, 2.45) is 0 Å². The van der Waals surface area contributed by atoms with E-state index in [-0.39, 0.29) is 21.1 Å². The van der Waals surface area contributed by atoms with Crippen molar-refractivity contribution in [1.29, 1.82) is 5.26 Å². The average Bonchev–Trinajstić information content (AvgIpc) is 2.40. The second-order valence-corrected chi connectivity index (χ2v) is 5.56. The van der Waals surface area contributed by atoms with E-state index < -0.39 is 9.84 Å². The van der Waals surface area contributed by atoms with Gasteiger partial charge in [0.2, 0.25) is 9.84 Å². The van der Waals surface area contributed by atoms with Crippen LogP contribution in [0.5, 0.6) is 5.75 Å². The Morgan fingerprint density at radius 3 is 2.28 bits per heavy atom. The third kappa shape index (κ3) is 2.06. The van der Waals surface area contributed by atoms with Gasteiger partial charge in [-0.3, -0.25) is 0 Å². The Bertz CT molecular complexity index is 716. The zero-order valence-electron chi connectivity index (χ0n) is 9.24. The third-order valence-electron chi connectivity index (χ3n) is 2.45. The number of sulfone groups is 1. The molecule has 0 aliphatic heterocycles. The van der Waals surface area contributed by atoms with Gasteiger partial charge >= 0.3 is 0 Å². The standard InChI is InChI=1S/C13H9NO3S/c14-9-10-8-12(6-7-13(10)15)18(16,17)11-4-2-1-3-5-11/h1-8,15H. The van der Waals surface area contributed by atoms with Gasteiger partial charge < -0.3 is 5.11 Å². The molecule has 0 spiro atoms. The van der Waals surface area contributed by atoms with Crippen LogP contribution in [0.15, 0.2) is 58.3 Å². The lowest BCUT2D eigenvalue weighted by molar-refractivity contribution is 0.473. The van der Waals surface area contributed by atoms with E-state index in [0.29, 0.717) is 0 Å². The molecule has 1 N–H and O–H groups in total. The second kappa shape index (κ2) is 4.51. The first-order valence-corrected chi connectivity index (χ1v) is 6.57. The van der Waals surface area contributed by atoms with E-state index in [0.717, 1.165) is 6.07 Å². The topological polar surface area (TPSA) is 78.2 Å². The van der Waals surface area contributed by atoms with Crippen molar-refractivity contribution >= 4 is 9.84 Å². The summed E-state index contributed by atoms with van der Waals surface area (Å²) in [4.78, 5) is 0.141. The maximum Gasteiger partial charge on any atom is 0.206 e. The first-order valence-electron chi connectivity index (χ1n) is 5.09. The van der Waals surface area contributed by atoms with E-state index in [2.05, 4.69) is 0 Å². The molecule has 0 amide bonds. The number of aromatic hydroxyl groups is 1. The zero-order chi connectivity index (χ0) is 13.2. The molecule has 0 aromatic heterocycles. The monoisotopic (exact) mass is 259 g/mol. The summed E-state index contributed by atoms with van der Waals surface area (Å²) in [5.41, 5.74) is -0.0630. The number of phenolic OH excluding ortho intramolecular Hbond substituents is 1.